The summed E-state index contributed by atoms with van der Waals surface area (Å²) in [4.78, 5) is 22.4. The topological polar surface area (TPSA) is 117 Å². The second kappa shape index (κ2) is 39.2. The molecule has 0 aromatic heterocycles. The zero-order valence-corrected chi connectivity index (χ0v) is 33.5. The molecule has 296 valence electrons. The van der Waals surface area contributed by atoms with E-state index in [1.165, 1.54) is 128 Å². The number of carbonyl (C=O) groups is 1. The Bertz CT molecular complexity index is 823. The number of hydrogen-bond acceptors (Lipinski definition) is 7. The summed E-state index contributed by atoms with van der Waals surface area (Å²) in [5, 5.41) is 0. The van der Waals surface area contributed by atoms with Gasteiger partial charge in [0.1, 0.15) is 6.10 Å². The molecule has 0 saturated heterocycles. The number of phosphoric acid groups is 1. The van der Waals surface area contributed by atoms with Gasteiger partial charge in [0.05, 0.1) is 19.8 Å². The number of esters is 1. The number of rotatable bonds is 40. The number of nitrogens with two attached hydrogens (primary N) is 1. The predicted molar refractivity (Wildman–Crippen MR) is 210 cm³/mol. The van der Waals surface area contributed by atoms with Gasteiger partial charge in [-0.05, 0) is 57.8 Å². The van der Waals surface area contributed by atoms with E-state index in [1.807, 2.05) is 0 Å². The lowest BCUT2D eigenvalue weighted by Crippen LogP contribution is -2.28. The average Bonchev–Trinajstić information content (AvgIpc) is 3.10. The monoisotopic (exact) mass is 730 g/mol. The molecule has 0 aliphatic carbocycles. The van der Waals surface area contributed by atoms with Gasteiger partial charge < -0.3 is 20.1 Å². The van der Waals surface area contributed by atoms with E-state index in [-0.39, 0.29) is 32.3 Å². The van der Waals surface area contributed by atoms with Gasteiger partial charge in [-0.15, -0.1) is 0 Å². The first-order valence-corrected chi connectivity index (χ1v) is 22.3. The van der Waals surface area contributed by atoms with Crippen molar-refractivity contribution >= 4 is 13.8 Å². The minimum atomic E-state index is -4.27. The van der Waals surface area contributed by atoms with Crippen LogP contribution in [0, 0.1) is 0 Å². The summed E-state index contributed by atoms with van der Waals surface area (Å²) >= 11 is 0. The molecule has 0 spiro atoms. The Morgan fingerprint density at radius 1 is 0.580 bits per heavy atom. The van der Waals surface area contributed by atoms with Crippen molar-refractivity contribution in [3.63, 3.8) is 0 Å². The van der Waals surface area contributed by atoms with Gasteiger partial charge in [0.2, 0.25) is 0 Å². The molecule has 8 nitrogen and oxygen atoms in total. The Balaban J connectivity index is 3.97. The van der Waals surface area contributed by atoms with E-state index in [0.29, 0.717) is 13.0 Å². The Morgan fingerprint density at radius 2 is 1.02 bits per heavy atom. The zero-order chi connectivity index (χ0) is 36.6. The molecule has 0 fully saturated rings. The van der Waals surface area contributed by atoms with Crippen LogP contribution in [0.2, 0.25) is 0 Å². The van der Waals surface area contributed by atoms with Crippen molar-refractivity contribution in [2.45, 2.75) is 200 Å². The molecule has 9 heteroatoms. The van der Waals surface area contributed by atoms with Gasteiger partial charge in [0.25, 0.3) is 0 Å². The van der Waals surface area contributed by atoms with Crippen LogP contribution >= 0.6 is 7.82 Å². The molecule has 0 radical (unpaired) electrons. The van der Waals surface area contributed by atoms with Crippen LogP contribution in [0.3, 0.4) is 0 Å². The molecule has 0 aliphatic heterocycles. The smallest absolute Gasteiger partial charge is 0.457 e. The van der Waals surface area contributed by atoms with Crippen LogP contribution in [0.25, 0.3) is 0 Å². The zero-order valence-electron chi connectivity index (χ0n) is 32.6. The summed E-state index contributed by atoms with van der Waals surface area (Å²) in [6, 6.07) is 0. The molecule has 0 bridgehead atoms. The number of allylic oxidation sites excluding steroid dienone is 4. The molecule has 3 N–H and O–H groups in total. The second-order valence-corrected chi connectivity index (χ2v) is 15.3. The molecule has 0 saturated carbocycles. The third kappa shape index (κ3) is 38.2. The SMILES string of the molecule is CCCC/C=C\CCCCCCCC(=O)OC(COCCCCCCCCCCCC/C=C\CCCCCCCC)COP(=O)(O)OCCN. The Labute approximate surface area is 308 Å². The first kappa shape index (κ1) is 49.0. The molecule has 0 heterocycles. The Hall–Kier alpha value is -1.02. The number of carbonyl (C=O) groups excluding carboxylic acids is 1. The fourth-order valence-electron chi connectivity index (χ4n) is 5.74. The van der Waals surface area contributed by atoms with Gasteiger partial charge in [-0.2, -0.15) is 0 Å². The Morgan fingerprint density at radius 3 is 1.52 bits per heavy atom. The van der Waals surface area contributed by atoms with E-state index >= 15 is 0 Å². The molecule has 0 rings (SSSR count). The molecular weight excluding hydrogens is 649 g/mol. The molecular formula is C41H80NO7P. The highest BCUT2D eigenvalue weighted by atomic mass is 31.2. The maximum absolute atomic E-state index is 12.5. The van der Waals surface area contributed by atoms with E-state index in [0.717, 1.165) is 44.9 Å². The minimum absolute atomic E-state index is 0.0961. The number of ether oxygens (including phenoxy) is 2. The molecule has 0 aromatic rings. The van der Waals surface area contributed by atoms with Crippen molar-refractivity contribution < 1.29 is 32.8 Å². The van der Waals surface area contributed by atoms with Gasteiger partial charge in [0.15, 0.2) is 0 Å². The van der Waals surface area contributed by atoms with Crippen LogP contribution in [0.1, 0.15) is 194 Å². The maximum Gasteiger partial charge on any atom is 0.472 e. The van der Waals surface area contributed by atoms with Gasteiger partial charge in [-0.1, -0.05) is 154 Å². The quantitative estimate of drug-likeness (QED) is 0.0277. The van der Waals surface area contributed by atoms with Gasteiger partial charge >= 0.3 is 13.8 Å². The number of hydrogen-bond donors (Lipinski definition) is 2. The normalized spacial score (nSPS) is 13.8. The molecule has 0 aliphatic rings. The molecule has 2 atom stereocenters. The summed E-state index contributed by atoms with van der Waals surface area (Å²) in [6.07, 6.45) is 42.0. The summed E-state index contributed by atoms with van der Waals surface area (Å²) in [5.41, 5.74) is 5.36. The van der Waals surface area contributed by atoms with Crippen LogP contribution in [0.15, 0.2) is 24.3 Å². The highest BCUT2D eigenvalue weighted by molar-refractivity contribution is 7.47. The molecule has 50 heavy (non-hydrogen) atoms. The van der Waals surface area contributed by atoms with Crippen molar-refractivity contribution in [2.24, 2.45) is 5.73 Å². The van der Waals surface area contributed by atoms with E-state index in [2.05, 4.69) is 38.2 Å². The third-order valence-electron chi connectivity index (χ3n) is 8.84. The summed E-state index contributed by atoms with van der Waals surface area (Å²) < 4.78 is 33.3. The molecule has 0 amide bonds. The summed E-state index contributed by atoms with van der Waals surface area (Å²) in [5.74, 6) is -0.340. The van der Waals surface area contributed by atoms with Gasteiger partial charge in [0, 0.05) is 19.6 Å². The van der Waals surface area contributed by atoms with Crippen molar-refractivity contribution in [3.8, 4) is 0 Å². The third-order valence-corrected chi connectivity index (χ3v) is 9.83. The first-order chi connectivity index (χ1) is 24.4. The van der Waals surface area contributed by atoms with Crippen molar-refractivity contribution in [1.82, 2.24) is 0 Å². The van der Waals surface area contributed by atoms with Crippen LogP contribution in [0.5, 0.6) is 0 Å². The van der Waals surface area contributed by atoms with E-state index in [9.17, 15) is 14.3 Å². The van der Waals surface area contributed by atoms with E-state index in [4.69, 9.17) is 24.3 Å². The van der Waals surface area contributed by atoms with Gasteiger partial charge in [-0.3, -0.25) is 13.8 Å². The van der Waals surface area contributed by atoms with Crippen molar-refractivity contribution in [1.29, 1.82) is 0 Å². The van der Waals surface area contributed by atoms with E-state index < -0.39 is 13.9 Å². The van der Waals surface area contributed by atoms with Crippen molar-refractivity contribution in [3.05, 3.63) is 24.3 Å². The maximum atomic E-state index is 12.5. The van der Waals surface area contributed by atoms with Crippen LogP contribution in [-0.2, 0) is 27.9 Å². The fraction of sp³-hybridized carbons (Fsp3) is 0.878. The standard InChI is InChI=1S/C41H80NO7P/c1-3-5-7-9-11-13-15-16-17-18-19-20-21-22-23-25-27-29-31-33-36-46-38-40(39-48-50(44,45)47-37-35-42)49-41(43)34-32-30-28-26-24-14-12-10-8-6-4-2/h10,12,16-17,40H,3-9,11,13-15,18-39,42H2,1-2H3,(H,44,45)/b12-10-,17-16-. The second-order valence-electron chi connectivity index (χ2n) is 13.8. The highest BCUT2D eigenvalue weighted by Crippen LogP contribution is 2.43. The fourth-order valence-corrected chi connectivity index (χ4v) is 6.50. The minimum Gasteiger partial charge on any atom is -0.457 e. The van der Waals surface area contributed by atoms with Crippen molar-refractivity contribution in [2.75, 3.05) is 33.0 Å². The van der Waals surface area contributed by atoms with Crippen LogP contribution < -0.4 is 5.73 Å². The number of unbranched alkanes of at least 4 members (excludes halogenated alkanes) is 23. The lowest BCUT2D eigenvalue weighted by molar-refractivity contribution is -0.154. The molecule has 2 unspecified atom stereocenters. The lowest BCUT2D eigenvalue weighted by atomic mass is 10.1. The summed E-state index contributed by atoms with van der Waals surface area (Å²) in [6.45, 7) is 4.88. The first-order valence-electron chi connectivity index (χ1n) is 20.8. The lowest BCUT2D eigenvalue weighted by Gasteiger charge is -2.20. The summed E-state index contributed by atoms with van der Waals surface area (Å²) in [7, 11) is -4.27. The average molecular weight is 730 g/mol. The number of phosphoric ester groups is 1. The highest BCUT2D eigenvalue weighted by Gasteiger charge is 2.25. The Kier molecular flexibility index (Phi) is 38.4. The largest absolute Gasteiger partial charge is 0.472 e. The predicted octanol–water partition coefficient (Wildman–Crippen LogP) is 12.1. The van der Waals surface area contributed by atoms with Crippen LogP contribution in [-0.4, -0.2) is 49.9 Å². The van der Waals surface area contributed by atoms with E-state index in [1.54, 1.807) is 0 Å². The van der Waals surface area contributed by atoms with Gasteiger partial charge in [-0.25, -0.2) is 4.57 Å². The van der Waals surface area contributed by atoms with Crippen LogP contribution in [0.4, 0.5) is 0 Å². The molecule has 0 aromatic carbocycles.